The Morgan fingerprint density at radius 1 is 1.00 bits per heavy atom. The maximum atomic E-state index is 12.7. The van der Waals surface area contributed by atoms with Crippen molar-refractivity contribution in [3.8, 4) is 0 Å². The van der Waals surface area contributed by atoms with E-state index < -0.39 is 0 Å². The van der Waals surface area contributed by atoms with E-state index in [1.54, 1.807) is 29.3 Å². The number of pyridine rings is 1. The minimum atomic E-state index is -0.113. The molecule has 4 aromatic rings. The number of hydrogen-bond donors (Lipinski definition) is 2. The van der Waals surface area contributed by atoms with Crippen LogP contribution in [0.4, 0.5) is 16.6 Å². The van der Waals surface area contributed by atoms with Crippen molar-refractivity contribution in [2.24, 2.45) is 0 Å². The van der Waals surface area contributed by atoms with Crippen LogP contribution >= 0.6 is 23.1 Å². The highest BCUT2D eigenvalue weighted by molar-refractivity contribution is 8.01. The lowest BCUT2D eigenvalue weighted by atomic mass is 10.1. The van der Waals surface area contributed by atoms with Crippen LogP contribution in [0.25, 0.3) is 0 Å². The summed E-state index contributed by atoms with van der Waals surface area (Å²) in [7, 11) is 0. The molecule has 0 aliphatic rings. The smallest absolute Gasteiger partial charge is 0.255 e. The van der Waals surface area contributed by atoms with Crippen LogP contribution in [-0.4, -0.2) is 15.9 Å². The third-order valence-corrected chi connectivity index (χ3v) is 6.09. The zero-order valence-electron chi connectivity index (χ0n) is 15.6. The standard InChI is InChI=1S/C22H18N4OS2/c1-15-10-11-17(13-18(15)21(27)25-16-7-3-2-4-8-16)28-20-14-24-22(29-20)26-19-9-5-6-12-23-19/h2-14H,1H3,(H,25,27)(H,23,24,26). The van der Waals surface area contributed by atoms with E-state index in [0.29, 0.717) is 5.56 Å². The molecule has 2 heterocycles. The fourth-order valence-corrected chi connectivity index (χ4v) is 4.56. The second kappa shape index (κ2) is 8.89. The molecule has 2 aromatic heterocycles. The summed E-state index contributed by atoms with van der Waals surface area (Å²) in [4.78, 5) is 22.3. The second-order valence-electron chi connectivity index (χ2n) is 6.22. The molecule has 0 aliphatic carbocycles. The number of para-hydroxylation sites is 1. The van der Waals surface area contributed by atoms with Gasteiger partial charge in [0.15, 0.2) is 5.13 Å². The van der Waals surface area contributed by atoms with E-state index in [2.05, 4.69) is 20.6 Å². The van der Waals surface area contributed by atoms with Crippen molar-refractivity contribution in [1.82, 2.24) is 9.97 Å². The zero-order chi connectivity index (χ0) is 20.1. The summed E-state index contributed by atoms with van der Waals surface area (Å²) in [5.41, 5.74) is 2.38. The Hall–Kier alpha value is -3.16. The minimum absolute atomic E-state index is 0.113. The van der Waals surface area contributed by atoms with Crippen molar-refractivity contribution >= 4 is 45.6 Å². The first kappa shape index (κ1) is 19.2. The van der Waals surface area contributed by atoms with Gasteiger partial charge in [0.1, 0.15) is 5.82 Å². The van der Waals surface area contributed by atoms with Crippen molar-refractivity contribution in [3.05, 3.63) is 90.3 Å². The minimum Gasteiger partial charge on any atom is -0.322 e. The molecule has 0 spiro atoms. The molecule has 2 aromatic carbocycles. The van der Waals surface area contributed by atoms with E-state index in [0.717, 1.165) is 31.3 Å². The van der Waals surface area contributed by atoms with E-state index in [-0.39, 0.29) is 5.91 Å². The number of nitrogens with one attached hydrogen (secondary N) is 2. The van der Waals surface area contributed by atoms with Gasteiger partial charge in [-0.2, -0.15) is 0 Å². The molecule has 2 N–H and O–H groups in total. The van der Waals surface area contributed by atoms with Gasteiger partial charge in [-0.25, -0.2) is 9.97 Å². The zero-order valence-corrected chi connectivity index (χ0v) is 17.3. The molecule has 0 atom stereocenters. The average Bonchev–Trinajstić information content (AvgIpc) is 3.17. The van der Waals surface area contributed by atoms with E-state index in [1.807, 2.05) is 79.9 Å². The number of anilines is 3. The number of carbonyl (C=O) groups is 1. The summed E-state index contributed by atoms with van der Waals surface area (Å²) in [6, 6.07) is 21.1. The van der Waals surface area contributed by atoms with Crippen LogP contribution in [0, 0.1) is 6.92 Å². The molecule has 29 heavy (non-hydrogen) atoms. The molecule has 5 nitrogen and oxygen atoms in total. The Balaban J connectivity index is 1.47. The molecular weight excluding hydrogens is 400 g/mol. The largest absolute Gasteiger partial charge is 0.322 e. The van der Waals surface area contributed by atoms with E-state index >= 15 is 0 Å². The molecule has 7 heteroatoms. The average molecular weight is 419 g/mol. The van der Waals surface area contributed by atoms with E-state index in [9.17, 15) is 4.79 Å². The van der Waals surface area contributed by atoms with Gasteiger partial charge < -0.3 is 10.6 Å². The molecule has 0 saturated carbocycles. The number of benzene rings is 2. The highest BCUT2D eigenvalue weighted by Crippen LogP contribution is 2.35. The van der Waals surface area contributed by atoms with E-state index in [4.69, 9.17) is 0 Å². The predicted molar refractivity (Wildman–Crippen MR) is 119 cm³/mol. The molecule has 1 amide bonds. The number of aromatic nitrogens is 2. The van der Waals surface area contributed by atoms with Gasteiger partial charge in [0.05, 0.1) is 10.4 Å². The summed E-state index contributed by atoms with van der Waals surface area (Å²) in [5, 5.41) is 6.92. The van der Waals surface area contributed by atoms with Gasteiger partial charge in [0.25, 0.3) is 5.91 Å². The van der Waals surface area contributed by atoms with Gasteiger partial charge in [-0.3, -0.25) is 4.79 Å². The first-order valence-electron chi connectivity index (χ1n) is 8.96. The molecule has 0 saturated heterocycles. The quantitative estimate of drug-likeness (QED) is 0.402. The number of thiazole rings is 1. The first-order valence-corrected chi connectivity index (χ1v) is 10.6. The number of rotatable bonds is 6. The molecule has 0 aliphatic heterocycles. The number of hydrogen-bond acceptors (Lipinski definition) is 6. The SMILES string of the molecule is Cc1ccc(Sc2cnc(Nc3ccccn3)s2)cc1C(=O)Nc1ccccc1. The topological polar surface area (TPSA) is 66.9 Å². The molecular formula is C22H18N4OS2. The van der Waals surface area contributed by atoms with Crippen molar-refractivity contribution in [1.29, 1.82) is 0 Å². The van der Waals surface area contributed by atoms with Crippen molar-refractivity contribution in [3.63, 3.8) is 0 Å². The fraction of sp³-hybridized carbons (Fsp3) is 0.0455. The Morgan fingerprint density at radius 3 is 2.62 bits per heavy atom. The highest BCUT2D eigenvalue weighted by Gasteiger charge is 2.12. The fourth-order valence-electron chi connectivity index (χ4n) is 2.66. The lowest BCUT2D eigenvalue weighted by molar-refractivity contribution is 0.102. The van der Waals surface area contributed by atoms with Gasteiger partial charge in [0.2, 0.25) is 0 Å². The van der Waals surface area contributed by atoms with Crippen LogP contribution in [0.1, 0.15) is 15.9 Å². The monoisotopic (exact) mass is 418 g/mol. The Labute approximate surface area is 177 Å². The lowest BCUT2D eigenvalue weighted by Gasteiger charge is -2.09. The number of carbonyl (C=O) groups excluding carboxylic acids is 1. The molecule has 0 fully saturated rings. The molecule has 144 valence electrons. The van der Waals surface area contributed by atoms with Crippen LogP contribution in [0.15, 0.2) is 88.2 Å². The third kappa shape index (κ3) is 5.01. The third-order valence-electron chi connectivity index (χ3n) is 4.09. The van der Waals surface area contributed by atoms with Crippen molar-refractivity contribution < 1.29 is 4.79 Å². The normalized spacial score (nSPS) is 10.5. The lowest BCUT2D eigenvalue weighted by Crippen LogP contribution is -2.13. The summed E-state index contributed by atoms with van der Waals surface area (Å²) in [5.74, 6) is 0.645. The van der Waals surface area contributed by atoms with Gasteiger partial charge in [-0.05, 0) is 48.9 Å². The van der Waals surface area contributed by atoms with E-state index in [1.165, 1.54) is 0 Å². The predicted octanol–water partition coefficient (Wildman–Crippen LogP) is 5.99. The van der Waals surface area contributed by atoms with Crippen LogP contribution in [-0.2, 0) is 0 Å². The maximum Gasteiger partial charge on any atom is 0.255 e. The van der Waals surface area contributed by atoms with Gasteiger partial charge in [-0.15, -0.1) is 0 Å². The summed E-state index contributed by atoms with van der Waals surface area (Å²) in [6.45, 7) is 1.94. The molecule has 4 rings (SSSR count). The van der Waals surface area contributed by atoms with Crippen LogP contribution in [0.2, 0.25) is 0 Å². The summed E-state index contributed by atoms with van der Waals surface area (Å²) < 4.78 is 1.03. The molecule has 0 unspecified atom stereocenters. The molecule has 0 bridgehead atoms. The number of amides is 1. The van der Waals surface area contributed by atoms with Gasteiger partial charge >= 0.3 is 0 Å². The Kier molecular flexibility index (Phi) is 5.88. The Morgan fingerprint density at radius 2 is 1.83 bits per heavy atom. The van der Waals surface area contributed by atoms with Crippen LogP contribution < -0.4 is 10.6 Å². The molecule has 0 radical (unpaired) electrons. The van der Waals surface area contributed by atoms with Crippen LogP contribution in [0.3, 0.4) is 0 Å². The number of aryl methyl sites for hydroxylation is 1. The number of nitrogens with zero attached hydrogens (tertiary/aromatic N) is 2. The van der Waals surface area contributed by atoms with Gasteiger partial charge in [-0.1, -0.05) is 53.4 Å². The van der Waals surface area contributed by atoms with Gasteiger partial charge in [0, 0.05) is 22.3 Å². The first-order chi connectivity index (χ1) is 14.2. The Bertz CT molecular complexity index is 1110. The van der Waals surface area contributed by atoms with Crippen molar-refractivity contribution in [2.45, 2.75) is 16.0 Å². The summed E-state index contributed by atoms with van der Waals surface area (Å²) >= 11 is 3.12. The van der Waals surface area contributed by atoms with Crippen molar-refractivity contribution in [2.75, 3.05) is 10.6 Å². The second-order valence-corrected chi connectivity index (χ2v) is 8.63. The highest BCUT2D eigenvalue weighted by atomic mass is 32.2. The maximum absolute atomic E-state index is 12.7. The van der Waals surface area contributed by atoms with Crippen LogP contribution in [0.5, 0.6) is 0 Å². The summed E-state index contributed by atoms with van der Waals surface area (Å²) in [6.07, 6.45) is 3.56.